The molecular formula is C18H19N7O2. The number of benzene rings is 1. The molecule has 0 aliphatic rings. The van der Waals surface area contributed by atoms with Gasteiger partial charge in [-0.15, -0.1) is 0 Å². The molecule has 9 heteroatoms. The molecule has 0 aliphatic carbocycles. The first-order valence-corrected chi connectivity index (χ1v) is 8.31. The van der Waals surface area contributed by atoms with E-state index >= 15 is 0 Å². The second-order valence-electron chi connectivity index (χ2n) is 5.82. The van der Waals surface area contributed by atoms with Crippen molar-refractivity contribution in [1.29, 1.82) is 0 Å². The Bertz CT molecular complexity index is 977. The van der Waals surface area contributed by atoms with Crippen molar-refractivity contribution >= 4 is 40.5 Å². The van der Waals surface area contributed by atoms with Gasteiger partial charge in [0.05, 0.1) is 11.6 Å². The standard InChI is InChI=1S/C18H19N7O2/c19-6-5-13(10-26)24-18-22-9-14(16(20)27)17(25-18)23-12-4-3-11-2-1-7-21-15(11)8-12/h1-4,7-10,13H,5-6,19H2,(H2,20,27)(H2,22,23,24,25). The molecule has 2 aromatic heterocycles. The molecule has 0 radical (unpaired) electrons. The van der Waals surface area contributed by atoms with Crippen LogP contribution < -0.4 is 22.1 Å². The van der Waals surface area contributed by atoms with Gasteiger partial charge in [-0.05, 0) is 31.2 Å². The molecule has 3 aromatic rings. The van der Waals surface area contributed by atoms with Crippen molar-refractivity contribution < 1.29 is 9.59 Å². The van der Waals surface area contributed by atoms with Gasteiger partial charge in [0.25, 0.3) is 5.91 Å². The predicted molar refractivity (Wildman–Crippen MR) is 103 cm³/mol. The Kier molecular flexibility index (Phi) is 5.53. The third-order valence-corrected chi connectivity index (χ3v) is 3.88. The third-order valence-electron chi connectivity index (χ3n) is 3.88. The van der Waals surface area contributed by atoms with Crippen LogP contribution in [-0.2, 0) is 4.79 Å². The van der Waals surface area contributed by atoms with Gasteiger partial charge in [0, 0.05) is 23.5 Å². The zero-order valence-corrected chi connectivity index (χ0v) is 14.4. The van der Waals surface area contributed by atoms with Crippen molar-refractivity contribution in [3.8, 4) is 0 Å². The second kappa shape index (κ2) is 8.19. The smallest absolute Gasteiger partial charge is 0.254 e. The van der Waals surface area contributed by atoms with Crippen LogP contribution in [0.1, 0.15) is 16.8 Å². The Labute approximate surface area is 155 Å². The number of anilines is 3. The lowest BCUT2D eigenvalue weighted by molar-refractivity contribution is -0.108. The van der Waals surface area contributed by atoms with E-state index in [0.717, 1.165) is 17.2 Å². The molecule has 0 bridgehead atoms. The van der Waals surface area contributed by atoms with Crippen molar-refractivity contribution in [3.63, 3.8) is 0 Å². The van der Waals surface area contributed by atoms with E-state index in [1.807, 2.05) is 30.3 Å². The minimum atomic E-state index is -0.670. The van der Waals surface area contributed by atoms with Crippen LogP contribution in [0.5, 0.6) is 0 Å². The lowest BCUT2D eigenvalue weighted by atomic mass is 10.2. The van der Waals surface area contributed by atoms with Crippen LogP contribution in [-0.4, -0.2) is 39.7 Å². The number of nitrogens with one attached hydrogen (secondary N) is 2. The van der Waals surface area contributed by atoms with Crippen molar-refractivity contribution in [2.45, 2.75) is 12.5 Å². The summed E-state index contributed by atoms with van der Waals surface area (Å²) in [4.78, 5) is 35.5. The van der Waals surface area contributed by atoms with Gasteiger partial charge in [0.2, 0.25) is 5.95 Å². The zero-order chi connectivity index (χ0) is 19.2. The molecule has 2 heterocycles. The topological polar surface area (TPSA) is 149 Å². The summed E-state index contributed by atoms with van der Waals surface area (Å²) < 4.78 is 0. The van der Waals surface area contributed by atoms with Gasteiger partial charge in [-0.1, -0.05) is 12.1 Å². The molecular weight excluding hydrogens is 346 g/mol. The summed E-state index contributed by atoms with van der Waals surface area (Å²) in [6.07, 6.45) is 4.18. The largest absolute Gasteiger partial charge is 0.365 e. The van der Waals surface area contributed by atoms with E-state index in [0.29, 0.717) is 18.7 Å². The zero-order valence-electron chi connectivity index (χ0n) is 14.4. The van der Waals surface area contributed by atoms with Crippen LogP contribution in [0.15, 0.2) is 42.7 Å². The maximum Gasteiger partial charge on any atom is 0.254 e. The fourth-order valence-corrected chi connectivity index (χ4v) is 2.53. The van der Waals surface area contributed by atoms with E-state index in [2.05, 4.69) is 25.6 Å². The number of rotatable bonds is 8. The van der Waals surface area contributed by atoms with Gasteiger partial charge in [-0.3, -0.25) is 9.78 Å². The highest BCUT2D eigenvalue weighted by Gasteiger charge is 2.15. The minimum Gasteiger partial charge on any atom is -0.365 e. The highest BCUT2D eigenvalue weighted by molar-refractivity contribution is 5.98. The van der Waals surface area contributed by atoms with Gasteiger partial charge >= 0.3 is 0 Å². The van der Waals surface area contributed by atoms with Gasteiger partial charge in [0.1, 0.15) is 17.7 Å². The highest BCUT2D eigenvalue weighted by Crippen LogP contribution is 2.23. The van der Waals surface area contributed by atoms with Crippen LogP contribution in [0.25, 0.3) is 10.9 Å². The van der Waals surface area contributed by atoms with Crippen molar-refractivity contribution in [3.05, 3.63) is 48.3 Å². The summed E-state index contributed by atoms with van der Waals surface area (Å²) >= 11 is 0. The summed E-state index contributed by atoms with van der Waals surface area (Å²) in [6, 6.07) is 8.86. The molecule has 0 saturated carbocycles. The van der Waals surface area contributed by atoms with Crippen LogP contribution in [0, 0.1) is 0 Å². The number of carbonyl (C=O) groups is 2. The summed E-state index contributed by atoms with van der Waals surface area (Å²) in [5.41, 5.74) is 12.5. The molecule has 9 nitrogen and oxygen atoms in total. The first-order valence-electron chi connectivity index (χ1n) is 8.31. The molecule has 27 heavy (non-hydrogen) atoms. The monoisotopic (exact) mass is 365 g/mol. The van der Waals surface area contributed by atoms with Gasteiger partial charge in [-0.2, -0.15) is 4.98 Å². The normalized spacial score (nSPS) is 11.7. The number of carbonyl (C=O) groups excluding carboxylic acids is 2. The Morgan fingerprint density at radius 1 is 1.26 bits per heavy atom. The second-order valence-corrected chi connectivity index (χ2v) is 5.82. The number of aromatic nitrogens is 3. The Balaban J connectivity index is 1.92. The van der Waals surface area contributed by atoms with Crippen molar-refractivity contribution in [2.75, 3.05) is 17.2 Å². The number of fused-ring (bicyclic) bond motifs is 1. The third kappa shape index (κ3) is 4.33. The van der Waals surface area contributed by atoms with E-state index in [4.69, 9.17) is 11.5 Å². The molecule has 0 fully saturated rings. The fraction of sp³-hybridized carbons (Fsp3) is 0.167. The van der Waals surface area contributed by atoms with E-state index in [9.17, 15) is 9.59 Å². The lowest BCUT2D eigenvalue weighted by Crippen LogP contribution is -2.26. The molecule has 1 aromatic carbocycles. The van der Waals surface area contributed by atoms with Gasteiger partial charge in [0.15, 0.2) is 0 Å². The lowest BCUT2D eigenvalue weighted by Gasteiger charge is -2.14. The number of amides is 1. The van der Waals surface area contributed by atoms with Gasteiger partial charge < -0.3 is 26.9 Å². The fourth-order valence-electron chi connectivity index (χ4n) is 2.53. The van der Waals surface area contributed by atoms with Crippen LogP contribution >= 0.6 is 0 Å². The quantitative estimate of drug-likeness (QED) is 0.435. The van der Waals surface area contributed by atoms with E-state index in [-0.39, 0.29) is 17.3 Å². The molecule has 1 unspecified atom stereocenters. The average molecular weight is 365 g/mol. The summed E-state index contributed by atoms with van der Waals surface area (Å²) in [5.74, 6) is -0.253. The van der Waals surface area contributed by atoms with Gasteiger partial charge in [-0.25, -0.2) is 4.98 Å². The first-order chi connectivity index (χ1) is 13.1. The number of primary amides is 1. The van der Waals surface area contributed by atoms with E-state index in [1.54, 1.807) is 6.20 Å². The van der Waals surface area contributed by atoms with E-state index < -0.39 is 11.9 Å². The van der Waals surface area contributed by atoms with Crippen LogP contribution in [0.2, 0.25) is 0 Å². The predicted octanol–water partition coefficient (Wildman–Crippen LogP) is 1.20. The molecule has 1 atom stereocenters. The minimum absolute atomic E-state index is 0.128. The maximum atomic E-state index is 11.7. The molecule has 138 valence electrons. The van der Waals surface area contributed by atoms with Crippen LogP contribution in [0.3, 0.4) is 0 Å². The molecule has 1 amide bonds. The summed E-state index contributed by atoms with van der Waals surface area (Å²) in [7, 11) is 0. The molecule has 6 N–H and O–H groups in total. The first kappa shape index (κ1) is 18.2. The Morgan fingerprint density at radius 2 is 2.11 bits per heavy atom. The highest BCUT2D eigenvalue weighted by atomic mass is 16.1. The number of aldehydes is 1. The molecule has 0 aliphatic heterocycles. The number of nitrogens with two attached hydrogens (primary N) is 2. The molecule has 3 rings (SSSR count). The maximum absolute atomic E-state index is 11.7. The summed E-state index contributed by atoms with van der Waals surface area (Å²) in [6.45, 7) is 0.338. The van der Waals surface area contributed by atoms with Crippen molar-refractivity contribution in [1.82, 2.24) is 15.0 Å². The van der Waals surface area contributed by atoms with Crippen LogP contribution in [0.4, 0.5) is 17.5 Å². The number of hydrogen-bond donors (Lipinski definition) is 4. The molecule has 0 spiro atoms. The number of nitrogens with zero attached hydrogens (tertiary/aromatic N) is 3. The Hall–Kier alpha value is -3.59. The molecule has 0 saturated heterocycles. The number of hydrogen-bond acceptors (Lipinski definition) is 8. The SMILES string of the molecule is NCCC(C=O)Nc1ncc(C(N)=O)c(Nc2ccc3cccnc3c2)n1. The Morgan fingerprint density at radius 3 is 2.85 bits per heavy atom. The number of pyridine rings is 1. The van der Waals surface area contributed by atoms with Crippen molar-refractivity contribution in [2.24, 2.45) is 11.5 Å². The van der Waals surface area contributed by atoms with E-state index in [1.165, 1.54) is 6.20 Å². The summed E-state index contributed by atoms with van der Waals surface area (Å²) in [5, 5.41) is 6.93. The average Bonchev–Trinajstić information content (AvgIpc) is 2.67.